The lowest BCUT2D eigenvalue weighted by Crippen LogP contribution is -2.08. The third-order valence-corrected chi connectivity index (χ3v) is 2.37. The first-order chi connectivity index (χ1) is 7.24. The van der Waals surface area contributed by atoms with Crippen LogP contribution in [0.25, 0.3) is 11.1 Å². The molecule has 1 atom stereocenters. The topological polar surface area (TPSA) is 61.3 Å². The van der Waals surface area contributed by atoms with Crippen molar-refractivity contribution in [3.63, 3.8) is 0 Å². The molecule has 0 aliphatic carbocycles. The summed E-state index contributed by atoms with van der Waals surface area (Å²) >= 11 is 0. The van der Waals surface area contributed by atoms with Gasteiger partial charge >= 0.3 is 0 Å². The number of aromatic nitrogens is 1. The van der Waals surface area contributed by atoms with Crippen molar-refractivity contribution in [3.05, 3.63) is 24.1 Å². The van der Waals surface area contributed by atoms with Crippen LogP contribution in [0.5, 0.6) is 5.75 Å². The standard InChI is InChI=1S/C11H14N2O2/c1-3-8(12)11-13-9-6-7(14-2)4-5-10(9)15-11/h4-6,8H,3,12H2,1-2H3. The number of oxazole rings is 1. The van der Waals surface area contributed by atoms with Gasteiger partial charge in [-0.1, -0.05) is 6.92 Å². The van der Waals surface area contributed by atoms with Crippen molar-refractivity contribution in [2.45, 2.75) is 19.4 Å². The van der Waals surface area contributed by atoms with E-state index in [9.17, 15) is 0 Å². The van der Waals surface area contributed by atoms with E-state index in [0.29, 0.717) is 5.89 Å². The second kappa shape index (κ2) is 3.90. The number of hydrogen-bond donors (Lipinski definition) is 1. The van der Waals surface area contributed by atoms with Gasteiger partial charge in [-0.15, -0.1) is 0 Å². The van der Waals surface area contributed by atoms with E-state index in [1.54, 1.807) is 7.11 Å². The normalized spacial score (nSPS) is 13.0. The molecule has 1 heterocycles. The second-order valence-corrected chi connectivity index (χ2v) is 3.40. The SMILES string of the molecule is CCC(N)c1nc2cc(OC)ccc2o1. The Kier molecular flexibility index (Phi) is 2.60. The van der Waals surface area contributed by atoms with Crippen LogP contribution in [0.3, 0.4) is 0 Å². The Hall–Kier alpha value is -1.55. The van der Waals surface area contributed by atoms with E-state index in [1.807, 2.05) is 25.1 Å². The number of ether oxygens (including phenoxy) is 1. The van der Waals surface area contributed by atoms with Crippen molar-refractivity contribution in [1.29, 1.82) is 0 Å². The van der Waals surface area contributed by atoms with Gasteiger partial charge in [0.2, 0.25) is 5.89 Å². The van der Waals surface area contributed by atoms with Crippen molar-refractivity contribution in [1.82, 2.24) is 4.98 Å². The maximum Gasteiger partial charge on any atom is 0.212 e. The van der Waals surface area contributed by atoms with Crippen LogP contribution in [0, 0.1) is 0 Å². The number of rotatable bonds is 3. The van der Waals surface area contributed by atoms with Crippen LogP contribution < -0.4 is 10.5 Å². The molecule has 0 bridgehead atoms. The van der Waals surface area contributed by atoms with Gasteiger partial charge in [-0.25, -0.2) is 4.98 Å². The molecule has 0 aliphatic heterocycles. The Morgan fingerprint density at radius 1 is 1.53 bits per heavy atom. The van der Waals surface area contributed by atoms with Crippen LogP contribution >= 0.6 is 0 Å². The first kappa shape index (κ1) is 9.98. The summed E-state index contributed by atoms with van der Waals surface area (Å²) in [5, 5.41) is 0. The second-order valence-electron chi connectivity index (χ2n) is 3.40. The third-order valence-electron chi connectivity index (χ3n) is 2.37. The Morgan fingerprint density at radius 3 is 3.00 bits per heavy atom. The van der Waals surface area contributed by atoms with E-state index in [0.717, 1.165) is 23.3 Å². The molecule has 2 rings (SSSR count). The molecule has 1 aromatic heterocycles. The summed E-state index contributed by atoms with van der Waals surface area (Å²) in [5.41, 5.74) is 7.37. The van der Waals surface area contributed by atoms with Gasteiger partial charge < -0.3 is 14.9 Å². The lowest BCUT2D eigenvalue weighted by atomic mass is 10.2. The number of nitrogens with zero attached hydrogens (tertiary/aromatic N) is 1. The molecule has 80 valence electrons. The monoisotopic (exact) mass is 206 g/mol. The van der Waals surface area contributed by atoms with Crippen LogP contribution in [0.1, 0.15) is 25.3 Å². The van der Waals surface area contributed by atoms with E-state index in [1.165, 1.54) is 0 Å². The number of hydrogen-bond acceptors (Lipinski definition) is 4. The van der Waals surface area contributed by atoms with Gasteiger partial charge in [-0.3, -0.25) is 0 Å². The van der Waals surface area contributed by atoms with Gasteiger partial charge in [0.25, 0.3) is 0 Å². The quantitative estimate of drug-likeness (QED) is 0.836. The van der Waals surface area contributed by atoms with Crippen LogP contribution in [-0.4, -0.2) is 12.1 Å². The molecule has 0 amide bonds. The summed E-state index contributed by atoms with van der Waals surface area (Å²) in [6.07, 6.45) is 0.809. The highest BCUT2D eigenvalue weighted by molar-refractivity contribution is 5.74. The third kappa shape index (κ3) is 1.80. The Morgan fingerprint density at radius 2 is 2.33 bits per heavy atom. The average molecular weight is 206 g/mol. The van der Waals surface area contributed by atoms with Gasteiger partial charge in [0.1, 0.15) is 11.3 Å². The molecule has 0 saturated heterocycles. The molecule has 2 aromatic rings. The minimum atomic E-state index is -0.136. The Labute approximate surface area is 88.0 Å². The lowest BCUT2D eigenvalue weighted by Gasteiger charge is -2.00. The fourth-order valence-corrected chi connectivity index (χ4v) is 1.39. The van der Waals surface area contributed by atoms with Crippen LogP contribution in [0.15, 0.2) is 22.6 Å². The summed E-state index contributed by atoms with van der Waals surface area (Å²) in [5.74, 6) is 1.35. The largest absolute Gasteiger partial charge is 0.497 e. The molecule has 0 spiro atoms. The smallest absolute Gasteiger partial charge is 0.212 e. The summed E-state index contributed by atoms with van der Waals surface area (Å²) in [6, 6.07) is 5.38. The predicted molar refractivity (Wildman–Crippen MR) is 57.8 cm³/mol. The fraction of sp³-hybridized carbons (Fsp3) is 0.364. The van der Waals surface area contributed by atoms with Crippen molar-refractivity contribution >= 4 is 11.1 Å². The number of benzene rings is 1. The highest BCUT2D eigenvalue weighted by Gasteiger charge is 2.12. The molecule has 0 fully saturated rings. The van der Waals surface area contributed by atoms with Gasteiger partial charge in [-0.2, -0.15) is 0 Å². The maximum atomic E-state index is 5.84. The van der Waals surface area contributed by atoms with Crippen molar-refractivity contribution in [2.75, 3.05) is 7.11 Å². The lowest BCUT2D eigenvalue weighted by molar-refractivity contribution is 0.415. The van der Waals surface area contributed by atoms with Crippen LogP contribution in [0.2, 0.25) is 0 Å². The summed E-state index contributed by atoms with van der Waals surface area (Å²) in [7, 11) is 1.62. The van der Waals surface area contributed by atoms with E-state index in [2.05, 4.69) is 4.98 Å². The van der Waals surface area contributed by atoms with E-state index in [-0.39, 0.29) is 6.04 Å². The zero-order valence-corrected chi connectivity index (χ0v) is 8.86. The fourth-order valence-electron chi connectivity index (χ4n) is 1.39. The van der Waals surface area contributed by atoms with E-state index >= 15 is 0 Å². The summed E-state index contributed by atoms with van der Waals surface area (Å²) in [6.45, 7) is 2.00. The number of fused-ring (bicyclic) bond motifs is 1. The van der Waals surface area contributed by atoms with Gasteiger partial charge in [0.15, 0.2) is 5.58 Å². The van der Waals surface area contributed by atoms with E-state index < -0.39 is 0 Å². The predicted octanol–water partition coefficient (Wildman–Crippen LogP) is 2.25. The number of methoxy groups -OCH3 is 1. The average Bonchev–Trinajstić information content (AvgIpc) is 2.70. The highest BCUT2D eigenvalue weighted by atomic mass is 16.5. The molecule has 0 aliphatic rings. The first-order valence-electron chi connectivity index (χ1n) is 4.94. The Balaban J connectivity index is 2.46. The highest BCUT2D eigenvalue weighted by Crippen LogP contribution is 2.24. The first-order valence-corrected chi connectivity index (χ1v) is 4.94. The van der Waals surface area contributed by atoms with Gasteiger partial charge in [0.05, 0.1) is 13.2 Å². The zero-order valence-electron chi connectivity index (χ0n) is 8.86. The van der Waals surface area contributed by atoms with Crippen molar-refractivity contribution in [3.8, 4) is 5.75 Å². The Bertz CT molecular complexity index is 465. The molecule has 4 heteroatoms. The molecular formula is C11H14N2O2. The molecular weight excluding hydrogens is 192 g/mol. The number of nitrogens with two attached hydrogens (primary N) is 1. The molecule has 2 N–H and O–H groups in total. The molecule has 15 heavy (non-hydrogen) atoms. The minimum Gasteiger partial charge on any atom is -0.497 e. The van der Waals surface area contributed by atoms with Gasteiger partial charge in [-0.05, 0) is 18.6 Å². The van der Waals surface area contributed by atoms with Crippen LogP contribution in [-0.2, 0) is 0 Å². The molecule has 0 radical (unpaired) electrons. The van der Waals surface area contributed by atoms with Crippen molar-refractivity contribution in [2.24, 2.45) is 5.73 Å². The van der Waals surface area contributed by atoms with E-state index in [4.69, 9.17) is 14.9 Å². The summed E-state index contributed by atoms with van der Waals surface area (Å²) < 4.78 is 10.6. The van der Waals surface area contributed by atoms with Gasteiger partial charge in [0, 0.05) is 6.07 Å². The summed E-state index contributed by atoms with van der Waals surface area (Å²) in [4.78, 5) is 4.32. The maximum absolute atomic E-state index is 5.84. The molecule has 0 saturated carbocycles. The minimum absolute atomic E-state index is 0.136. The molecule has 1 unspecified atom stereocenters. The van der Waals surface area contributed by atoms with Crippen molar-refractivity contribution < 1.29 is 9.15 Å². The molecule has 4 nitrogen and oxygen atoms in total. The molecule has 1 aromatic carbocycles. The van der Waals surface area contributed by atoms with Crippen LogP contribution in [0.4, 0.5) is 0 Å². The zero-order chi connectivity index (χ0) is 10.8.